The fourth-order valence-electron chi connectivity index (χ4n) is 1.48. The molecule has 4 nitrogen and oxygen atoms in total. The first-order chi connectivity index (χ1) is 7.61. The average Bonchev–Trinajstić information content (AvgIpc) is 2.74. The average molecular weight is 220 g/mol. The van der Waals surface area contributed by atoms with Gasteiger partial charge in [-0.05, 0) is 24.6 Å². The standard InChI is InChI=1S/C11H9FN2O2/c1-7-3-4-8(14-6-2-5-13-14)9(10(7)12)11(15)16/h2-6H,1H3,(H,15,16). The van der Waals surface area contributed by atoms with Crippen molar-refractivity contribution in [1.82, 2.24) is 9.78 Å². The second-order valence-corrected chi connectivity index (χ2v) is 3.35. The van der Waals surface area contributed by atoms with Gasteiger partial charge in [0, 0.05) is 12.4 Å². The van der Waals surface area contributed by atoms with Gasteiger partial charge in [-0.3, -0.25) is 0 Å². The minimum absolute atomic E-state index is 0.223. The maximum atomic E-state index is 13.7. The van der Waals surface area contributed by atoms with Crippen LogP contribution in [-0.2, 0) is 0 Å². The van der Waals surface area contributed by atoms with E-state index in [1.54, 1.807) is 12.3 Å². The van der Waals surface area contributed by atoms with Crippen molar-refractivity contribution >= 4 is 5.97 Å². The lowest BCUT2D eigenvalue weighted by Crippen LogP contribution is -2.09. The van der Waals surface area contributed by atoms with Gasteiger partial charge in [-0.2, -0.15) is 5.10 Å². The topological polar surface area (TPSA) is 55.1 Å². The van der Waals surface area contributed by atoms with E-state index in [2.05, 4.69) is 5.10 Å². The van der Waals surface area contributed by atoms with Crippen molar-refractivity contribution < 1.29 is 14.3 Å². The maximum absolute atomic E-state index is 13.7. The Balaban J connectivity index is 2.71. The van der Waals surface area contributed by atoms with Gasteiger partial charge in [0.05, 0.1) is 5.69 Å². The summed E-state index contributed by atoms with van der Waals surface area (Å²) in [6, 6.07) is 4.71. The van der Waals surface area contributed by atoms with E-state index in [-0.39, 0.29) is 11.3 Å². The molecule has 82 valence electrons. The molecular formula is C11H9FN2O2. The minimum Gasteiger partial charge on any atom is -0.478 e. The first-order valence-electron chi connectivity index (χ1n) is 4.63. The van der Waals surface area contributed by atoms with Gasteiger partial charge in [0.2, 0.25) is 0 Å². The number of aromatic carboxylic acids is 1. The molecule has 0 fully saturated rings. The number of nitrogens with zero attached hydrogens (tertiary/aromatic N) is 2. The third kappa shape index (κ3) is 1.56. The highest BCUT2D eigenvalue weighted by molar-refractivity contribution is 5.92. The largest absolute Gasteiger partial charge is 0.478 e. The summed E-state index contributed by atoms with van der Waals surface area (Å²) in [6.07, 6.45) is 3.07. The van der Waals surface area contributed by atoms with Gasteiger partial charge in [0.25, 0.3) is 0 Å². The molecule has 1 N–H and O–H groups in total. The van der Waals surface area contributed by atoms with Crippen molar-refractivity contribution in [2.45, 2.75) is 6.92 Å². The number of hydrogen-bond acceptors (Lipinski definition) is 2. The van der Waals surface area contributed by atoms with E-state index in [0.717, 1.165) is 0 Å². The lowest BCUT2D eigenvalue weighted by molar-refractivity contribution is 0.0691. The van der Waals surface area contributed by atoms with Gasteiger partial charge in [-0.15, -0.1) is 0 Å². The molecule has 2 rings (SSSR count). The molecule has 0 atom stereocenters. The summed E-state index contributed by atoms with van der Waals surface area (Å²) >= 11 is 0. The Hall–Kier alpha value is -2.17. The lowest BCUT2D eigenvalue weighted by atomic mass is 10.1. The molecule has 0 aliphatic heterocycles. The van der Waals surface area contributed by atoms with E-state index in [1.807, 2.05) is 0 Å². The number of halogens is 1. The zero-order chi connectivity index (χ0) is 11.7. The van der Waals surface area contributed by atoms with Gasteiger partial charge in [-0.1, -0.05) is 6.07 Å². The second kappa shape index (κ2) is 3.77. The molecule has 1 aromatic heterocycles. The molecule has 0 saturated heterocycles. The number of aromatic nitrogens is 2. The van der Waals surface area contributed by atoms with E-state index in [1.165, 1.54) is 29.9 Å². The van der Waals surface area contributed by atoms with Crippen molar-refractivity contribution in [1.29, 1.82) is 0 Å². The van der Waals surface area contributed by atoms with Crippen molar-refractivity contribution in [3.8, 4) is 5.69 Å². The summed E-state index contributed by atoms with van der Waals surface area (Å²) in [5.41, 5.74) is 0.164. The highest BCUT2D eigenvalue weighted by Crippen LogP contribution is 2.20. The van der Waals surface area contributed by atoms with Crippen LogP contribution in [0.15, 0.2) is 30.6 Å². The van der Waals surface area contributed by atoms with Crippen molar-refractivity contribution in [2.24, 2.45) is 0 Å². The van der Waals surface area contributed by atoms with Crippen LogP contribution in [0, 0.1) is 12.7 Å². The molecule has 1 aromatic carbocycles. The number of hydrogen-bond donors (Lipinski definition) is 1. The van der Waals surface area contributed by atoms with Crippen LogP contribution >= 0.6 is 0 Å². The molecule has 0 aliphatic rings. The monoisotopic (exact) mass is 220 g/mol. The van der Waals surface area contributed by atoms with E-state index >= 15 is 0 Å². The molecule has 0 saturated carbocycles. The fraction of sp³-hybridized carbons (Fsp3) is 0.0909. The molecule has 1 heterocycles. The summed E-state index contributed by atoms with van der Waals surface area (Å²) in [6.45, 7) is 1.52. The molecule has 0 radical (unpaired) electrons. The van der Waals surface area contributed by atoms with Crippen LogP contribution in [0.1, 0.15) is 15.9 Å². The molecule has 0 bridgehead atoms. The van der Waals surface area contributed by atoms with Gasteiger partial charge in [0.1, 0.15) is 11.4 Å². The van der Waals surface area contributed by atoms with Gasteiger partial charge in [-0.25, -0.2) is 13.9 Å². The van der Waals surface area contributed by atoms with Crippen LogP contribution in [0.2, 0.25) is 0 Å². The van der Waals surface area contributed by atoms with Crippen molar-refractivity contribution in [3.63, 3.8) is 0 Å². The predicted octanol–water partition coefficient (Wildman–Crippen LogP) is 2.02. The number of benzene rings is 1. The van der Waals surface area contributed by atoms with Gasteiger partial charge < -0.3 is 5.11 Å². The smallest absolute Gasteiger partial charge is 0.340 e. The van der Waals surface area contributed by atoms with Crippen LogP contribution in [0.3, 0.4) is 0 Å². The highest BCUT2D eigenvalue weighted by Gasteiger charge is 2.19. The summed E-state index contributed by atoms with van der Waals surface area (Å²) in [4.78, 5) is 11.0. The van der Waals surface area contributed by atoms with Crippen LogP contribution in [-0.4, -0.2) is 20.9 Å². The third-order valence-electron chi connectivity index (χ3n) is 2.28. The number of carboxylic acids is 1. The summed E-state index contributed by atoms with van der Waals surface area (Å²) < 4.78 is 15.0. The normalized spacial score (nSPS) is 10.4. The van der Waals surface area contributed by atoms with E-state index in [0.29, 0.717) is 5.56 Å². The summed E-state index contributed by atoms with van der Waals surface area (Å²) in [7, 11) is 0. The van der Waals surface area contributed by atoms with Crippen LogP contribution in [0.4, 0.5) is 4.39 Å². The molecular weight excluding hydrogens is 211 g/mol. The van der Waals surface area contributed by atoms with Gasteiger partial charge in [0.15, 0.2) is 0 Å². The van der Waals surface area contributed by atoms with E-state index in [9.17, 15) is 9.18 Å². The Morgan fingerprint density at radius 1 is 1.50 bits per heavy atom. The highest BCUT2D eigenvalue weighted by atomic mass is 19.1. The maximum Gasteiger partial charge on any atom is 0.340 e. The van der Waals surface area contributed by atoms with E-state index in [4.69, 9.17) is 5.11 Å². The number of rotatable bonds is 2. The molecule has 5 heteroatoms. The number of carbonyl (C=O) groups is 1. The van der Waals surface area contributed by atoms with Crippen LogP contribution in [0.25, 0.3) is 5.69 Å². The molecule has 0 spiro atoms. The first kappa shape index (κ1) is 10.4. The molecule has 0 unspecified atom stereocenters. The number of aryl methyl sites for hydroxylation is 1. The molecule has 2 aromatic rings. The summed E-state index contributed by atoms with van der Waals surface area (Å²) in [5.74, 6) is -2.02. The Morgan fingerprint density at radius 3 is 2.81 bits per heavy atom. The lowest BCUT2D eigenvalue weighted by Gasteiger charge is -2.08. The minimum atomic E-state index is -1.30. The Kier molecular flexibility index (Phi) is 2.44. The Labute approximate surface area is 90.9 Å². The quantitative estimate of drug-likeness (QED) is 0.842. The molecule has 0 aliphatic carbocycles. The van der Waals surface area contributed by atoms with Crippen LogP contribution < -0.4 is 0 Å². The SMILES string of the molecule is Cc1ccc(-n2cccn2)c(C(=O)O)c1F. The van der Waals surface area contributed by atoms with Crippen molar-refractivity contribution in [3.05, 3.63) is 47.5 Å². The first-order valence-corrected chi connectivity index (χ1v) is 4.63. The third-order valence-corrected chi connectivity index (χ3v) is 2.28. The Morgan fingerprint density at radius 2 is 2.25 bits per heavy atom. The predicted molar refractivity (Wildman–Crippen MR) is 55.2 cm³/mol. The van der Waals surface area contributed by atoms with Crippen molar-refractivity contribution in [2.75, 3.05) is 0 Å². The fourth-order valence-corrected chi connectivity index (χ4v) is 1.48. The zero-order valence-electron chi connectivity index (χ0n) is 8.51. The molecule has 16 heavy (non-hydrogen) atoms. The van der Waals surface area contributed by atoms with Crippen LogP contribution in [0.5, 0.6) is 0 Å². The number of carboxylic acid groups (broad SMARTS) is 1. The van der Waals surface area contributed by atoms with Gasteiger partial charge >= 0.3 is 5.97 Å². The Bertz CT molecular complexity index is 535. The van der Waals surface area contributed by atoms with E-state index < -0.39 is 11.8 Å². The zero-order valence-corrected chi connectivity index (χ0v) is 8.51. The molecule has 0 amide bonds. The second-order valence-electron chi connectivity index (χ2n) is 3.35. The summed E-state index contributed by atoms with van der Waals surface area (Å²) in [5, 5.41) is 12.9.